The van der Waals surface area contributed by atoms with Crippen LogP contribution in [0.5, 0.6) is 0 Å². The topological polar surface area (TPSA) is 72.2 Å². The van der Waals surface area contributed by atoms with Crippen LogP contribution in [0.25, 0.3) is 0 Å². The first-order valence-corrected chi connectivity index (χ1v) is 11.5. The maximum atomic E-state index is 13.2. The Morgan fingerprint density at radius 1 is 1.00 bits per heavy atom. The van der Waals surface area contributed by atoms with Crippen LogP contribution in [0.4, 0.5) is 5.69 Å². The molecule has 0 saturated heterocycles. The number of ketones is 1. The Hall–Kier alpha value is -2.53. The van der Waals surface area contributed by atoms with Crippen molar-refractivity contribution in [2.75, 3.05) is 6.54 Å². The van der Waals surface area contributed by atoms with E-state index in [1.54, 1.807) is 6.07 Å². The summed E-state index contributed by atoms with van der Waals surface area (Å²) in [5, 5.41) is 15.0. The van der Waals surface area contributed by atoms with Crippen LogP contribution in [0.1, 0.15) is 86.7 Å². The maximum absolute atomic E-state index is 13.2. The highest BCUT2D eigenvalue weighted by Gasteiger charge is 2.22. The van der Waals surface area contributed by atoms with Crippen molar-refractivity contribution in [1.29, 1.82) is 0 Å². The second kappa shape index (κ2) is 13.0. The van der Waals surface area contributed by atoms with Crippen LogP contribution in [-0.2, 0) is 6.42 Å². The van der Waals surface area contributed by atoms with Crippen LogP contribution in [-0.4, -0.2) is 23.3 Å². The highest BCUT2D eigenvalue weighted by Crippen LogP contribution is 2.28. The monoisotopic (exact) mass is 424 g/mol. The van der Waals surface area contributed by atoms with Gasteiger partial charge >= 0.3 is 0 Å². The molecule has 5 heteroatoms. The third-order valence-corrected chi connectivity index (χ3v) is 5.65. The highest BCUT2D eigenvalue weighted by molar-refractivity contribution is 6.00. The fraction of sp³-hybridized carbons (Fsp3) is 0.500. The summed E-state index contributed by atoms with van der Waals surface area (Å²) in [5.41, 5.74) is 2.33. The third-order valence-electron chi connectivity index (χ3n) is 5.65. The van der Waals surface area contributed by atoms with Gasteiger partial charge in [-0.2, -0.15) is 0 Å². The normalized spacial score (nSPS) is 12.1. The number of hydrogen-bond acceptors (Lipinski definition) is 4. The number of nitrogens with zero attached hydrogens (tertiary/aromatic N) is 1. The van der Waals surface area contributed by atoms with Crippen LogP contribution in [0.3, 0.4) is 0 Å². The molecule has 0 fully saturated rings. The predicted octanol–water partition coefficient (Wildman–Crippen LogP) is 6.46. The zero-order valence-corrected chi connectivity index (χ0v) is 19.1. The number of carbonyl (C=O) groups excluding carboxylic acids is 1. The quantitative estimate of drug-likeness (QED) is 0.163. The molecule has 0 aromatic heterocycles. The summed E-state index contributed by atoms with van der Waals surface area (Å²) in [6.07, 6.45) is 7.58. The molecule has 0 aliphatic heterocycles. The molecule has 0 bridgehead atoms. The van der Waals surface area contributed by atoms with E-state index in [-0.39, 0.29) is 22.3 Å². The summed E-state index contributed by atoms with van der Waals surface area (Å²) in [6.45, 7) is 6.87. The minimum atomic E-state index is -0.400. The van der Waals surface area contributed by atoms with Crippen LogP contribution >= 0.6 is 0 Å². The zero-order valence-electron chi connectivity index (χ0n) is 19.1. The Labute approximate surface area is 186 Å². The van der Waals surface area contributed by atoms with Gasteiger partial charge in [-0.15, -0.1) is 0 Å². The standard InChI is InChI=1S/C26H36N2O3/c1-4-5-6-7-8-12-17-27-24(26(29)22-13-10-9-11-14-22)18-21-15-16-23(20(2)3)25(19-21)28(30)31/h9-11,13-16,19-20,24,27H,4-8,12,17-18H2,1-3H3. The highest BCUT2D eigenvalue weighted by atomic mass is 16.6. The Morgan fingerprint density at radius 2 is 1.68 bits per heavy atom. The van der Waals surface area contributed by atoms with Crippen molar-refractivity contribution in [2.24, 2.45) is 0 Å². The van der Waals surface area contributed by atoms with Crippen molar-refractivity contribution in [1.82, 2.24) is 5.32 Å². The molecule has 0 aliphatic carbocycles. The molecule has 31 heavy (non-hydrogen) atoms. The van der Waals surface area contributed by atoms with Gasteiger partial charge < -0.3 is 5.32 Å². The number of nitrogens with one attached hydrogen (secondary N) is 1. The average Bonchev–Trinajstić information content (AvgIpc) is 2.77. The number of hydrogen-bond donors (Lipinski definition) is 1. The van der Waals surface area contributed by atoms with Gasteiger partial charge in [0.1, 0.15) is 0 Å². The average molecular weight is 425 g/mol. The number of rotatable bonds is 14. The van der Waals surface area contributed by atoms with Crippen molar-refractivity contribution in [3.8, 4) is 0 Å². The fourth-order valence-electron chi connectivity index (χ4n) is 3.84. The van der Waals surface area contributed by atoms with Crippen molar-refractivity contribution < 1.29 is 9.72 Å². The SMILES string of the molecule is CCCCCCCCNC(Cc1ccc(C(C)C)c([N+](=O)[O-])c1)C(=O)c1ccccc1. The second-order valence-electron chi connectivity index (χ2n) is 8.51. The number of benzene rings is 2. The molecular formula is C26H36N2O3. The van der Waals surface area contributed by atoms with E-state index in [4.69, 9.17) is 0 Å². The van der Waals surface area contributed by atoms with Crippen LogP contribution in [0.15, 0.2) is 48.5 Å². The van der Waals surface area contributed by atoms with Gasteiger partial charge in [0, 0.05) is 17.2 Å². The lowest BCUT2D eigenvalue weighted by atomic mass is 9.94. The number of nitro benzene ring substituents is 1. The number of Topliss-reactive ketones (excluding diaryl/α,β-unsaturated/α-hetero) is 1. The number of nitro groups is 1. The van der Waals surface area contributed by atoms with Gasteiger partial charge in [0.15, 0.2) is 5.78 Å². The van der Waals surface area contributed by atoms with E-state index in [1.807, 2.05) is 56.3 Å². The van der Waals surface area contributed by atoms with E-state index < -0.39 is 6.04 Å². The lowest BCUT2D eigenvalue weighted by molar-refractivity contribution is -0.385. The van der Waals surface area contributed by atoms with Crippen molar-refractivity contribution in [3.63, 3.8) is 0 Å². The first-order valence-electron chi connectivity index (χ1n) is 11.5. The summed E-state index contributed by atoms with van der Waals surface area (Å²) in [5.74, 6) is 0.101. The minimum absolute atomic E-state index is 0.0298. The number of carbonyl (C=O) groups is 1. The lowest BCUT2D eigenvalue weighted by Gasteiger charge is -2.19. The number of unbranched alkanes of at least 4 members (excludes halogenated alkanes) is 5. The van der Waals surface area contributed by atoms with E-state index in [0.717, 1.165) is 30.5 Å². The summed E-state index contributed by atoms with van der Waals surface area (Å²) in [6, 6.07) is 14.2. The molecule has 0 radical (unpaired) electrons. The Morgan fingerprint density at radius 3 is 2.32 bits per heavy atom. The summed E-state index contributed by atoms with van der Waals surface area (Å²) < 4.78 is 0. The van der Waals surface area contributed by atoms with Crippen LogP contribution < -0.4 is 5.32 Å². The molecule has 0 aliphatic rings. The molecule has 0 saturated carbocycles. The smallest absolute Gasteiger partial charge is 0.273 e. The third kappa shape index (κ3) is 7.91. The Bertz CT molecular complexity index is 834. The Kier molecular flexibility index (Phi) is 10.4. The van der Waals surface area contributed by atoms with Gasteiger partial charge in [0.25, 0.3) is 5.69 Å². The van der Waals surface area contributed by atoms with Gasteiger partial charge in [-0.3, -0.25) is 14.9 Å². The molecule has 1 atom stereocenters. The van der Waals surface area contributed by atoms with E-state index in [9.17, 15) is 14.9 Å². The zero-order chi connectivity index (χ0) is 22.6. The molecule has 0 spiro atoms. The largest absolute Gasteiger partial charge is 0.307 e. The molecule has 1 N–H and O–H groups in total. The molecule has 0 amide bonds. The van der Waals surface area contributed by atoms with E-state index >= 15 is 0 Å². The summed E-state index contributed by atoms with van der Waals surface area (Å²) >= 11 is 0. The van der Waals surface area contributed by atoms with E-state index in [2.05, 4.69) is 12.2 Å². The molecule has 5 nitrogen and oxygen atoms in total. The van der Waals surface area contributed by atoms with Crippen molar-refractivity contribution in [2.45, 2.75) is 77.7 Å². The van der Waals surface area contributed by atoms with Crippen molar-refractivity contribution in [3.05, 3.63) is 75.3 Å². The summed E-state index contributed by atoms with van der Waals surface area (Å²) in [4.78, 5) is 24.4. The van der Waals surface area contributed by atoms with Gasteiger partial charge in [-0.25, -0.2) is 0 Å². The molecule has 2 aromatic rings. The van der Waals surface area contributed by atoms with E-state index in [1.165, 1.54) is 25.7 Å². The maximum Gasteiger partial charge on any atom is 0.273 e. The van der Waals surface area contributed by atoms with Gasteiger partial charge in [0.2, 0.25) is 0 Å². The van der Waals surface area contributed by atoms with E-state index in [0.29, 0.717) is 12.0 Å². The molecular weight excluding hydrogens is 388 g/mol. The van der Waals surface area contributed by atoms with Gasteiger partial charge in [-0.05, 0) is 30.9 Å². The van der Waals surface area contributed by atoms with Gasteiger partial charge in [0.05, 0.1) is 11.0 Å². The van der Waals surface area contributed by atoms with Gasteiger partial charge in [-0.1, -0.05) is 95.3 Å². The lowest BCUT2D eigenvalue weighted by Crippen LogP contribution is -2.39. The predicted molar refractivity (Wildman–Crippen MR) is 127 cm³/mol. The second-order valence-corrected chi connectivity index (χ2v) is 8.51. The first kappa shape index (κ1) is 24.7. The molecule has 0 heterocycles. The minimum Gasteiger partial charge on any atom is -0.307 e. The first-order chi connectivity index (χ1) is 14.9. The summed E-state index contributed by atoms with van der Waals surface area (Å²) in [7, 11) is 0. The molecule has 2 aromatic carbocycles. The molecule has 1 unspecified atom stereocenters. The fourth-order valence-corrected chi connectivity index (χ4v) is 3.84. The van der Waals surface area contributed by atoms with Crippen LogP contribution in [0.2, 0.25) is 0 Å². The molecule has 168 valence electrons. The van der Waals surface area contributed by atoms with Crippen LogP contribution in [0, 0.1) is 10.1 Å². The molecule has 2 rings (SSSR count). The van der Waals surface area contributed by atoms with Crippen molar-refractivity contribution >= 4 is 11.5 Å². The Balaban J connectivity index is 2.12.